The van der Waals surface area contributed by atoms with Crippen LogP contribution in [0.2, 0.25) is 0 Å². The second-order valence-electron chi connectivity index (χ2n) is 10.3. The number of hydrogen-bond donors (Lipinski definition) is 0. The van der Waals surface area contributed by atoms with Gasteiger partial charge >= 0.3 is 0 Å². The van der Waals surface area contributed by atoms with Gasteiger partial charge in [-0.3, -0.25) is 9.89 Å². The lowest BCUT2D eigenvalue weighted by molar-refractivity contribution is 0.102. The molecule has 0 N–H and O–H groups in total. The molecule has 3 fully saturated rings. The van der Waals surface area contributed by atoms with Crippen molar-refractivity contribution in [1.82, 2.24) is 14.9 Å². The van der Waals surface area contributed by atoms with Crippen LogP contribution in [0, 0.1) is 5.92 Å². The Balaban J connectivity index is 1.17. The number of anilines is 1. The molecule has 2 saturated carbocycles. The number of rotatable bonds is 6. The third kappa shape index (κ3) is 3.79. The van der Waals surface area contributed by atoms with Gasteiger partial charge in [0.1, 0.15) is 23.5 Å². The number of nitrogens with zero attached hydrogens (tertiary/aromatic N) is 5. The van der Waals surface area contributed by atoms with Crippen LogP contribution in [-0.2, 0) is 6.54 Å². The van der Waals surface area contributed by atoms with E-state index in [1.54, 1.807) is 6.33 Å². The molecule has 1 unspecified atom stereocenters. The molecule has 0 radical (unpaired) electrons. The molecule has 0 bridgehead atoms. The first kappa shape index (κ1) is 20.2. The van der Waals surface area contributed by atoms with E-state index in [2.05, 4.69) is 57.9 Å². The fraction of sp³-hybridized carbons (Fsp3) is 0.577. The summed E-state index contributed by atoms with van der Waals surface area (Å²) < 4.78 is 6.20. The van der Waals surface area contributed by atoms with Crippen molar-refractivity contribution in [2.24, 2.45) is 10.9 Å². The fourth-order valence-electron chi connectivity index (χ4n) is 5.24. The Hall–Kier alpha value is -2.47. The number of hydrogen-bond acceptors (Lipinski definition) is 6. The minimum absolute atomic E-state index is 0.0184. The van der Waals surface area contributed by atoms with Gasteiger partial charge in [-0.15, -0.1) is 0 Å². The molecule has 32 heavy (non-hydrogen) atoms. The average molecular weight is 432 g/mol. The van der Waals surface area contributed by atoms with Crippen LogP contribution in [-0.4, -0.2) is 58.4 Å². The summed E-state index contributed by atoms with van der Waals surface area (Å²) in [5.41, 5.74) is 4.29. The zero-order chi connectivity index (χ0) is 21.7. The minimum atomic E-state index is 0.0184. The molecule has 1 saturated heterocycles. The monoisotopic (exact) mass is 431 g/mol. The molecular formula is C26H33N5O. The molecule has 6 heteroatoms. The molecule has 6 nitrogen and oxygen atoms in total. The van der Waals surface area contributed by atoms with Crippen LogP contribution in [0.4, 0.5) is 5.82 Å². The second kappa shape index (κ2) is 7.84. The van der Waals surface area contributed by atoms with Gasteiger partial charge in [0.05, 0.1) is 18.0 Å². The number of aromatic nitrogens is 2. The van der Waals surface area contributed by atoms with E-state index < -0.39 is 0 Å². The lowest BCUT2D eigenvalue weighted by atomic mass is 9.79. The Morgan fingerprint density at radius 2 is 1.88 bits per heavy atom. The highest BCUT2D eigenvalue weighted by molar-refractivity contribution is 6.14. The third-order valence-corrected chi connectivity index (χ3v) is 8.00. The van der Waals surface area contributed by atoms with E-state index in [0.29, 0.717) is 12.6 Å². The van der Waals surface area contributed by atoms with Crippen LogP contribution in [0.25, 0.3) is 0 Å². The van der Waals surface area contributed by atoms with Crippen LogP contribution in [0.15, 0.2) is 35.6 Å². The maximum Gasteiger partial charge on any atom is 0.132 e. The maximum absolute atomic E-state index is 6.20. The Labute approximate surface area is 190 Å². The van der Waals surface area contributed by atoms with Crippen LogP contribution in [0.1, 0.15) is 62.8 Å². The quantitative estimate of drug-likeness (QED) is 0.690. The summed E-state index contributed by atoms with van der Waals surface area (Å²) >= 11 is 0. The normalized spacial score (nSPS) is 23.3. The molecule has 4 aliphatic rings. The molecule has 2 aliphatic carbocycles. The molecule has 2 aliphatic heterocycles. The summed E-state index contributed by atoms with van der Waals surface area (Å²) in [6.07, 6.45) is 8.19. The van der Waals surface area contributed by atoms with E-state index >= 15 is 0 Å². The summed E-state index contributed by atoms with van der Waals surface area (Å²) in [6.45, 7) is 9.57. The predicted octanol–water partition coefficient (Wildman–Crippen LogP) is 4.07. The van der Waals surface area contributed by atoms with Gasteiger partial charge < -0.3 is 9.64 Å². The van der Waals surface area contributed by atoms with Crippen molar-refractivity contribution < 1.29 is 4.74 Å². The molecule has 0 spiro atoms. The molecule has 1 aromatic carbocycles. The zero-order valence-corrected chi connectivity index (χ0v) is 19.3. The summed E-state index contributed by atoms with van der Waals surface area (Å²) in [7, 11) is 0. The number of piperazine rings is 1. The Bertz CT molecular complexity index is 1030. The molecular weight excluding hydrogens is 398 g/mol. The van der Waals surface area contributed by atoms with Crippen LogP contribution >= 0.6 is 0 Å². The Morgan fingerprint density at radius 3 is 2.59 bits per heavy atom. The highest BCUT2D eigenvalue weighted by Crippen LogP contribution is 2.40. The van der Waals surface area contributed by atoms with Gasteiger partial charge in [0.25, 0.3) is 0 Å². The molecule has 6 rings (SSSR count). The SMILES string of the molecule is CC(C1CCC1)N1CCN(c2cc(C3=NCc4ccc(OC5(C)CC5)cc43)ncn2)CC1. The van der Waals surface area contributed by atoms with Gasteiger partial charge in [-0.25, -0.2) is 9.97 Å². The van der Waals surface area contributed by atoms with E-state index in [4.69, 9.17) is 9.73 Å². The van der Waals surface area contributed by atoms with Crippen molar-refractivity contribution in [2.45, 2.75) is 64.1 Å². The zero-order valence-electron chi connectivity index (χ0n) is 19.3. The summed E-state index contributed by atoms with van der Waals surface area (Å²) in [4.78, 5) is 19.1. The van der Waals surface area contributed by atoms with Gasteiger partial charge in [0, 0.05) is 43.9 Å². The molecule has 1 aromatic heterocycles. The van der Waals surface area contributed by atoms with Crippen LogP contribution < -0.4 is 9.64 Å². The number of ether oxygens (including phenoxy) is 1. The topological polar surface area (TPSA) is 53.9 Å². The van der Waals surface area contributed by atoms with Gasteiger partial charge in [0.2, 0.25) is 0 Å². The standard InChI is InChI=1S/C26H33N5O/c1-18(19-4-3-5-19)30-10-12-31(13-11-30)24-15-23(28-17-29-24)25-22-14-21(32-26(2)8-9-26)7-6-20(22)16-27-25/h6-7,14-15,17-19H,3-5,8-13,16H2,1-2H3. The van der Waals surface area contributed by atoms with E-state index in [9.17, 15) is 0 Å². The summed E-state index contributed by atoms with van der Waals surface area (Å²) in [5.74, 6) is 2.85. The molecule has 1 atom stereocenters. The van der Waals surface area contributed by atoms with Gasteiger partial charge in [-0.1, -0.05) is 12.5 Å². The smallest absolute Gasteiger partial charge is 0.132 e. The average Bonchev–Trinajstić information content (AvgIpc) is 3.35. The first-order valence-corrected chi connectivity index (χ1v) is 12.3. The number of aliphatic imine (C=N–C) groups is 1. The van der Waals surface area contributed by atoms with Crippen molar-refractivity contribution in [2.75, 3.05) is 31.1 Å². The highest BCUT2D eigenvalue weighted by Gasteiger charge is 2.40. The highest BCUT2D eigenvalue weighted by atomic mass is 16.5. The maximum atomic E-state index is 6.20. The van der Waals surface area contributed by atoms with Gasteiger partial charge in [0.15, 0.2) is 0 Å². The van der Waals surface area contributed by atoms with E-state index in [1.165, 1.54) is 24.8 Å². The van der Waals surface area contributed by atoms with Gasteiger partial charge in [-0.05, 0) is 63.1 Å². The molecule has 3 heterocycles. The fourth-order valence-corrected chi connectivity index (χ4v) is 5.24. The van der Waals surface area contributed by atoms with Crippen molar-refractivity contribution in [3.63, 3.8) is 0 Å². The van der Waals surface area contributed by atoms with E-state index in [0.717, 1.165) is 73.5 Å². The lowest BCUT2D eigenvalue weighted by Crippen LogP contribution is -2.52. The Morgan fingerprint density at radius 1 is 1.06 bits per heavy atom. The lowest BCUT2D eigenvalue weighted by Gasteiger charge is -2.43. The summed E-state index contributed by atoms with van der Waals surface area (Å²) in [5, 5.41) is 0. The molecule has 2 aromatic rings. The van der Waals surface area contributed by atoms with Gasteiger partial charge in [-0.2, -0.15) is 0 Å². The second-order valence-corrected chi connectivity index (χ2v) is 10.3. The molecule has 0 amide bonds. The van der Waals surface area contributed by atoms with E-state index in [1.807, 2.05) is 0 Å². The molecule has 168 valence electrons. The number of fused-ring (bicyclic) bond motifs is 1. The van der Waals surface area contributed by atoms with Crippen molar-refractivity contribution in [1.29, 1.82) is 0 Å². The third-order valence-electron chi connectivity index (χ3n) is 8.00. The van der Waals surface area contributed by atoms with Crippen molar-refractivity contribution in [3.8, 4) is 5.75 Å². The minimum Gasteiger partial charge on any atom is -0.488 e. The van der Waals surface area contributed by atoms with E-state index in [-0.39, 0.29) is 5.60 Å². The first-order valence-electron chi connectivity index (χ1n) is 12.3. The number of benzene rings is 1. The summed E-state index contributed by atoms with van der Waals surface area (Å²) in [6, 6.07) is 9.21. The first-order chi connectivity index (χ1) is 15.6. The largest absolute Gasteiger partial charge is 0.488 e. The van der Waals surface area contributed by atoms with Crippen molar-refractivity contribution in [3.05, 3.63) is 47.4 Å². The Kier molecular flexibility index (Phi) is 4.94. The van der Waals surface area contributed by atoms with Crippen LogP contribution in [0.3, 0.4) is 0 Å². The van der Waals surface area contributed by atoms with Crippen LogP contribution in [0.5, 0.6) is 5.75 Å². The predicted molar refractivity (Wildman–Crippen MR) is 127 cm³/mol. The van der Waals surface area contributed by atoms with Crippen molar-refractivity contribution >= 4 is 11.5 Å².